The second kappa shape index (κ2) is 7.87. The molecule has 0 heterocycles. The molecular formula is C17H20BrNOS. The minimum absolute atomic E-state index is 0.466. The van der Waals surface area contributed by atoms with E-state index in [1.54, 1.807) is 18.9 Å². The minimum Gasteiger partial charge on any atom is -0.496 e. The van der Waals surface area contributed by atoms with Crippen LogP contribution in [-0.4, -0.2) is 13.2 Å². The van der Waals surface area contributed by atoms with Gasteiger partial charge in [-0.3, -0.25) is 0 Å². The molecule has 0 radical (unpaired) electrons. The number of benzene rings is 2. The van der Waals surface area contributed by atoms with Crippen molar-refractivity contribution in [1.29, 1.82) is 0 Å². The number of hydrogen-bond donors (Lipinski definition) is 1. The lowest BCUT2D eigenvalue weighted by atomic mass is 10.2. The van der Waals surface area contributed by atoms with Crippen LogP contribution in [0.2, 0.25) is 0 Å². The summed E-state index contributed by atoms with van der Waals surface area (Å²) in [7, 11) is 1.71. The molecule has 1 N–H and O–H groups in total. The Kier molecular flexibility index (Phi) is 6.15. The normalized spacial score (nSPS) is 10.9. The average Bonchev–Trinajstić information content (AvgIpc) is 2.48. The quantitative estimate of drug-likeness (QED) is 0.768. The molecule has 0 aliphatic heterocycles. The van der Waals surface area contributed by atoms with Gasteiger partial charge in [0.25, 0.3) is 0 Å². The Morgan fingerprint density at radius 2 is 1.90 bits per heavy atom. The number of hydrogen-bond acceptors (Lipinski definition) is 3. The summed E-state index contributed by atoms with van der Waals surface area (Å²) in [5.41, 5.74) is 1.29. The third-order valence-electron chi connectivity index (χ3n) is 3.01. The Labute approximate surface area is 139 Å². The molecule has 21 heavy (non-hydrogen) atoms. The second-order valence-corrected chi connectivity index (χ2v) is 7.04. The molecule has 0 atom stereocenters. The van der Waals surface area contributed by atoms with E-state index in [4.69, 9.17) is 4.74 Å². The average molecular weight is 366 g/mol. The van der Waals surface area contributed by atoms with Crippen LogP contribution >= 0.6 is 27.7 Å². The summed E-state index contributed by atoms with van der Waals surface area (Å²) < 4.78 is 6.54. The first-order chi connectivity index (χ1) is 10.1. The topological polar surface area (TPSA) is 21.3 Å². The molecule has 2 nitrogen and oxygen atoms in total. The van der Waals surface area contributed by atoms with Crippen LogP contribution in [0.1, 0.15) is 19.4 Å². The third-order valence-corrected chi connectivity index (χ3v) is 4.68. The van der Waals surface area contributed by atoms with Gasteiger partial charge in [-0.15, -0.1) is 0 Å². The number of methoxy groups -OCH3 is 1. The van der Waals surface area contributed by atoms with Gasteiger partial charge in [0, 0.05) is 22.0 Å². The van der Waals surface area contributed by atoms with E-state index in [2.05, 4.69) is 59.4 Å². The Morgan fingerprint density at radius 1 is 1.14 bits per heavy atom. The highest BCUT2D eigenvalue weighted by molar-refractivity contribution is 9.10. The van der Waals surface area contributed by atoms with Gasteiger partial charge in [-0.05, 0) is 35.9 Å². The molecule has 0 saturated heterocycles. The van der Waals surface area contributed by atoms with Crippen LogP contribution in [0.4, 0.5) is 0 Å². The molecule has 0 fully saturated rings. The molecule has 0 saturated carbocycles. The third kappa shape index (κ3) is 4.77. The summed E-state index contributed by atoms with van der Waals surface area (Å²) in [6, 6.07) is 15.0. The van der Waals surface area contributed by atoms with Crippen LogP contribution < -0.4 is 10.1 Å². The molecule has 0 aliphatic rings. The number of ether oxygens (including phenoxy) is 1. The summed E-state index contributed by atoms with van der Waals surface area (Å²) in [6.07, 6.45) is 0. The zero-order valence-corrected chi connectivity index (χ0v) is 14.9. The van der Waals surface area contributed by atoms with Crippen molar-refractivity contribution in [1.82, 2.24) is 5.32 Å². The molecule has 2 aromatic carbocycles. The van der Waals surface area contributed by atoms with E-state index in [0.717, 1.165) is 21.7 Å². The Balaban J connectivity index is 2.26. The molecule has 4 heteroatoms. The van der Waals surface area contributed by atoms with E-state index in [1.165, 1.54) is 10.5 Å². The van der Waals surface area contributed by atoms with Crippen molar-refractivity contribution >= 4 is 27.7 Å². The van der Waals surface area contributed by atoms with E-state index in [9.17, 15) is 0 Å². The molecule has 0 bridgehead atoms. The van der Waals surface area contributed by atoms with E-state index in [0.29, 0.717) is 6.04 Å². The lowest BCUT2D eigenvalue weighted by molar-refractivity contribution is 0.405. The monoisotopic (exact) mass is 365 g/mol. The van der Waals surface area contributed by atoms with Crippen molar-refractivity contribution in [3.8, 4) is 5.75 Å². The van der Waals surface area contributed by atoms with E-state index >= 15 is 0 Å². The first-order valence-electron chi connectivity index (χ1n) is 6.93. The molecule has 0 unspecified atom stereocenters. The maximum absolute atomic E-state index is 5.43. The van der Waals surface area contributed by atoms with E-state index in [-0.39, 0.29) is 0 Å². The molecule has 0 aliphatic carbocycles. The fraction of sp³-hybridized carbons (Fsp3) is 0.294. The molecule has 112 valence electrons. The van der Waals surface area contributed by atoms with Gasteiger partial charge in [-0.1, -0.05) is 53.7 Å². The van der Waals surface area contributed by atoms with Crippen LogP contribution in [0.3, 0.4) is 0 Å². The van der Waals surface area contributed by atoms with Crippen LogP contribution in [0.25, 0.3) is 0 Å². The molecule has 0 amide bonds. The van der Waals surface area contributed by atoms with Crippen molar-refractivity contribution in [2.45, 2.75) is 36.2 Å². The van der Waals surface area contributed by atoms with Crippen LogP contribution in [0.5, 0.6) is 5.75 Å². The van der Waals surface area contributed by atoms with Crippen molar-refractivity contribution in [3.05, 3.63) is 52.5 Å². The highest BCUT2D eigenvalue weighted by Crippen LogP contribution is 2.37. The Bertz CT molecular complexity index is 601. The van der Waals surface area contributed by atoms with Gasteiger partial charge in [-0.25, -0.2) is 0 Å². The van der Waals surface area contributed by atoms with Gasteiger partial charge < -0.3 is 10.1 Å². The fourth-order valence-corrected chi connectivity index (χ4v) is 3.36. The molecular weight excluding hydrogens is 346 g/mol. The van der Waals surface area contributed by atoms with Gasteiger partial charge in [0.2, 0.25) is 0 Å². The molecule has 2 aromatic rings. The maximum atomic E-state index is 5.43. The lowest BCUT2D eigenvalue weighted by Gasteiger charge is -2.14. The van der Waals surface area contributed by atoms with Crippen molar-refractivity contribution in [3.63, 3.8) is 0 Å². The lowest BCUT2D eigenvalue weighted by Crippen LogP contribution is -2.22. The van der Waals surface area contributed by atoms with Gasteiger partial charge in [-0.2, -0.15) is 0 Å². The summed E-state index contributed by atoms with van der Waals surface area (Å²) in [5, 5.41) is 3.48. The summed E-state index contributed by atoms with van der Waals surface area (Å²) >= 11 is 5.30. The highest BCUT2D eigenvalue weighted by atomic mass is 79.9. The number of rotatable bonds is 6. The Morgan fingerprint density at radius 3 is 2.62 bits per heavy atom. The van der Waals surface area contributed by atoms with Crippen molar-refractivity contribution < 1.29 is 4.74 Å². The van der Waals surface area contributed by atoms with Crippen LogP contribution in [0, 0.1) is 0 Å². The predicted molar refractivity (Wildman–Crippen MR) is 93.2 cm³/mol. The van der Waals surface area contributed by atoms with Crippen molar-refractivity contribution in [2.75, 3.05) is 7.11 Å². The standard InChI is InChI=1S/C17H20BrNOS/c1-12(2)19-11-13-10-14(18)8-9-16(13)21-17-7-5-4-6-15(17)20-3/h4-10,12,19H,11H2,1-3H3. The molecule has 0 spiro atoms. The van der Waals surface area contributed by atoms with Crippen molar-refractivity contribution in [2.24, 2.45) is 0 Å². The van der Waals surface area contributed by atoms with Crippen LogP contribution in [-0.2, 0) is 6.54 Å². The van der Waals surface area contributed by atoms with Gasteiger partial charge in [0.1, 0.15) is 5.75 Å². The Hall–Kier alpha value is -0.970. The number of para-hydroxylation sites is 1. The zero-order chi connectivity index (χ0) is 15.2. The zero-order valence-electron chi connectivity index (χ0n) is 12.5. The SMILES string of the molecule is COc1ccccc1Sc1ccc(Br)cc1CNC(C)C. The van der Waals surface area contributed by atoms with Crippen LogP contribution in [0.15, 0.2) is 56.7 Å². The van der Waals surface area contributed by atoms with Gasteiger partial charge >= 0.3 is 0 Å². The molecule has 0 aromatic heterocycles. The number of nitrogens with one attached hydrogen (secondary N) is 1. The summed E-state index contributed by atoms with van der Waals surface area (Å²) in [4.78, 5) is 2.38. The van der Waals surface area contributed by atoms with Gasteiger partial charge in [0.15, 0.2) is 0 Å². The highest BCUT2D eigenvalue weighted by Gasteiger charge is 2.09. The second-order valence-electron chi connectivity index (χ2n) is 5.04. The molecule has 2 rings (SSSR count). The first-order valence-corrected chi connectivity index (χ1v) is 8.53. The van der Waals surface area contributed by atoms with E-state index < -0.39 is 0 Å². The minimum atomic E-state index is 0.466. The smallest absolute Gasteiger partial charge is 0.132 e. The number of halogens is 1. The van der Waals surface area contributed by atoms with E-state index in [1.807, 2.05) is 18.2 Å². The maximum Gasteiger partial charge on any atom is 0.132 e. The largest absolute Gasteiger partial charge is 0.496 e. The predicted octanol–water partition coefficient (Wildman–Crippen LogP) is 5.11. The fourth-order valence-electron chi connectivity index (χ4n) is 1.92. The summed E-state index contributed by atoms with van der Waals surface area (Å²) in [5.74, 6) is 0.910. The first kappa shape index (κ1) is 16.4. The summed E-state index contributed by atoms with van der Waals surface area (Å²) in [6.45, 7) is 5.17. The van der Waals surface area contributed by atoms with Gasteiger partial charge in [0.05, 0.1) is 12.0 Å².